The Hall–Kier alpha value is -3.39. The molecule has 3 aromatic rings. The lowest BCUT2D eigenvalue weighted by molar-refractivity contribution is 0.102. The number of rotatable bonds is 6. The summed E-state index contributed by atoms with van der Waals surface area (Å²) in [5.41, 5.74) is 4.40. The molecular formula is C23H21N3O2. The first-order chi connectivity index (χ1) is 13.8. The van der Waals surface area contributed by atoms with Crippen molar-refractivity contribution in [3.8, 4) is 11.8 Å². The van der Waals surface area contributed by atoms with Crippen LogP contribution in [0.1, 0.15) is 40.9 Å². The maximum atomic E-state index is 13.2. The van der Waals surface area contributed by atoms with Crippen molar-refractivity contribution in [2.75, 3.05) is 11.9 Å². The third-order valence-electron chi connectivity index (χ3n) is 4.94. The fourth-order valence-corrected chi connectivity index (χ4v) is 3.67. The van der Waals surface area contributed by atoms with Crippen molar-refractivity contribution in [2.45, 2.75) is 32.1 Å². The third-order valence-corrected chi connectivity index (χ3v) is 4.94. The van der Waals surface area contributed by atoms with Crippen LogP contribution in [0.25, 0.3) is 10.9 Å². The summed E-state index contributed by atoms with van der Waals surface area (Å²) in [4.78, 5) is 17.9. The lowest BCUT2D eigenvalue weighted by Crippen LogP contribution is -2.15. The number of aromatic nitrogens is 1. The molecule has 0 saturated carbocycles. The molecule has 1 aliphatic rings. The van der Waals surface area contributed by atoms with Crippen molar-refractivity contribution in [3.63, 3.8) is 0 Å². The highest BCUT2D eigenvalue weighted by molar-refractivity contribution is 6.13. The van der Waals surface area contributed by atoms with E-state index in [1.807, 2.05) is 48.5 Å². The van der Waals surface area contributed by atoms with Crippen LogP contribution in [0.5, 0.6) is 5.75 Å². The second-order valence-electron chi connectivity index (χ2n) is 6.87. The van der Waals surface area contributed by atoms with Crippen molar-refractivity contribution in [1.29, 1.82) is 5.26 Å². The Kier molecular flexibility index (Phi) is 5.20. The molecule has 0 fully saturated rings. The van der Waals surface area contributed by atoms with Crippen LogP contribution >= 0.6 is 0 Å². The standard InChI is InChI=1S/C23H21N3O2/c24-13-3-4-14-28-17-8-5-7-16(15-17)25-23(27)22-18-9-1-2-11-20(18)26-21-12-6-10-19(21)22/h1-2,5,7-9,11,15H,3-4,6,10,12,14H2,(H,25,27). The normalized spacial score (nSPS) is 12.4. The van der Waals surface area contributed by atoms with Gasteiger partial charge in [0.15, 0.2) is 0 Å². The van der Waals surface area contributed by atoms with Crippen molar-refractivity contribution in [1.82, 2.24) is 4.98 Å². The second-order valence-corrected chi connectivity index (χ2v) is 6.87. The highest BCUT2D eigenvalue weighted by Gasteiger charge is 2.23. The number of nitrogens with zero attached hydrogens (tertiary/aromatic N) is 2. The van der Waals surface area contributed by atoms with E-state index in [0.717, 1.165) is 47.0 Å². The molecule has 4 rings (SSSR count). The van der Waals surface area contributed by atoms with E-state index in [1.165, 1.54) is 0 Å². The molecule has 0 spiro atoms. The lowest BCUT2D eigenvalue weighted by Gasteiger charge is -2.13. The van der Waals surface area contributed by atoms with E-state index in [1.54, 1.807) is 0 Å². The molecule has 0 atom stereocenters. The number of benzene rings is 2. The van der Waals surface area contributed by atoms with Crippen LogP contribution in [0.15, 0.2) is 48.5 Å². The van der Waals surface area contributed by atoms with Crippen LogP contribution in [0, 0.1) is 11.3 Å². The van der Waals surface area contributed by atoms with Gasteiger partial charge in [-0.3, -0.25) is 9.78 Å². The van der Waals surface area contributed by atoms with Crippen molar-refractivity contribution < 1.29 is 9.53 Å². The molecule has 0 radical (unpaired) electrons. The van der Waals surface area contributed by atoms with Gasteiger partial charge >= 0.3 is 0 Å². The molecule has 0 aliphatic heterocycles. The van der Waals surface area contributed by atoms with Gasteiger partial charge < -0.3 is 10.1 Å². The fourth-order valence-electron chi connectivity index (χ4n) is 3.67. The molecule has 0 saturated heterocycles. The number of fused-ring (bicyclic) bond motifs is 2. The van der Waals surface area contributed by atoms with Gasteiger partial charge in [-0.05, 0) is 49.4 Å². The van der Waals surface area contributed by atoms with Gasteiger partial charge in [-0.15, -0.1) is 0 Å². The zero-order valence-corrected chi connectivity index (χ0v) is 15.6. The largest absolute Gasteiger partial charge is 0.493 e. The lowest BCUT2D eigenvalue weighted by atomic mass is 10.0. The summed E-state index contributed by atoms with van der Waals surface area (Å²) in [6, 6.07) is 17.3. The fraction of sp³-hybridized carbons (Fsp3) is 0.261. The quantitative estimate of drug-likeness (QED) is 0.640. The number of aryl methyl sites for hydroxylation is 1. The number of ether oxygens (including phenoxy) is 1. The zero-order chi connectivity index (χ0) is 19.3. The summed E-state index contributed by atoms with van der Waals surface area (Å²) in [7, 11) is 0. The molecule has 0 unspecified atom stereocenters. The first kappa shape index (κ1) is 18.0. The Bertz CT molecular complexity index is 1070. The van der Waals surface area contributed by atoms with E-state index in [0.29, 0.717) is 30.9 Å². The number of unbranched alkanes of at least 4 members (excludes halogenated alkanes) is 1. The number of pyridine rings is 1. The Morgan fingerprint density at radius 1 is 1.18 bits per heavy atom. The number of hydrogen-bond donors (Lipinski definition) is 1. The van der Waals surface area contributed by atoms with E-state index in [2.05, 4.69) is 11.4 Å². The van der Waals surface area contributed by atoms with Crippen molar-refractivity contribution in [3.05, 3.63) is 65.4 Å². The molecule has 5 nitrogen and oxygen atoms in total. The molecule has 140 valence electrons. The SMILES string of the molecule is N#CCCCOc1cccc(NC(=O)c2c3c(nc4ccccc24)CCC3)c1. The number of nitriles is 1. The summed E-state index contributed by atoms with van der Waals surface area (Å²) < 4.78 is 5.67. The molecule has 1 aliphatic carbocycles. The Labute approximate surface area is 164 Å². The molecule has 5 heteroatoms. The number of hydrogen-bond acceptors (Lipinski definition) is 4. The number of carbonyl (C=O) groups is 1. The molecule has 1 aromatic heterocycles. The minimum atomic E-state index is -0.113. The van der Waals surface area contributed by atoms with E-state index >= 15 is 0 Å². The van der Waals surface area contributed by atoms with Gasteiger partial charge in [-0.25, -0.2) is 0 Å². The second kappa shape index (κ2) is 8.10. The Morgan fingerprint density at radius 3 is 2.96 bits per heavy atom. The Balaban J connectivity index is 1.59. The third kappa shape index (κ3) is 3.67. The molecular weight excluding hydrogens is 350 g/mol. The Morgan fingerprint density at radius 2 is 2.07 bits per heavy atom. The topological polar surface area (TPSA) is 75.0 Å². The molecule has 1 heterocycles. The summed E-state index contributed by atoms with van der Waals surface area (Å²) in [6.07, 6.45) is 3.99. The van der Waals surface area contributed by atoms with E-state index in [-0.39, 0.29) is 5.91 Å². The van der Waals surface area contributed by atoms with Crippen molar-refractivity contribution in [2.24, 2.45) is 0 Å². The zero-order valence-electron chi connectivity index (χ0n) is 15.6. The van der Waals surface area contributed by atoms with E-state index in [4.69, 9.17) is 15.0 Å². The number of carbonyl (C=O) groups excluding carboxylic acids is 1. The first-order valence-electron chi connectivity index (χ1n) is 9.58. The minimum absolute atomic E-state index is 0.113. The van der Waals surface area contributed by atoms with Crippen LogP contribution in [0.2, 0.25) is 0 Å². The summed E-state index contributed by atoms with van der Waals surface area (Å²) in [5, 5.41) is 12.5. The van der Waals surface area contributed by atoms with Gasteiger partial charge in [-0.1, -0.05) is 24.3 Å². The average Bonchev–Trinajstić information content (AvgIpc) is 3.17. The van der Waals surface area contributed by atoms with Crippen LogP contribution in [0.4, 0.5) is 5.69 Å². The van der Waals surface area contributed by atoms with Crippen LogP contribution in [0.3, 0.4) is 0 Å². The average molecular weight is 371 g/mol. The van der Waals surface area contributed by atoms with Crippen LogP contribution in [-0.2, 0) is 12.8 Å². The number of amides is 1. The highest BCUT2D eigenvalue weighted by Crippen LogP contribution is 2.30. The number of anilines is 1. The smallest absolute Gasteiger partial charge is 0.256 e. The molecule has 1 amide bonds. The number of nitrogens with one attached hydrogen (secondary N) is 1. The summed E-state index contributed by atoms with van der Waals surface area (Å²) >= 11 is 0. The molecule has 1 N–H and O–H groups in total. The van der Waals surface area contributed by atoms with Crippen LogP contribution in [-0.4, -0.2) is 17.5 Å². The van der Waals surface area contributed by atoms with Gasteiger partial charge in [-0.2, -0.15) is 5.26 Å². The maximum absolute atomic E-state index is 13.2. The predicted molar refractivity (Wildman–Crippen MR) is 109 cm³/mol. The van der Waals surface area contributed by atoms with Gasteiger partial charge in [0.2, 0.25) is 0 Å². The minimum Gasteiger partial charge on any atom is -0.493 e. The van der Waals surface area contributed by atoms with Gasteiger partial charge in [0, 0.05) is 29.3 Å². The van der Waals surface area contributed by atoms with E-state index < -0.39 is 0 Å². The number of para-hydroxylation sites is 1. The van der Waals surface area contributed by atoms with Crippen LogP contribution < -0.4 is 10.1 Å². The van der Waals surface area contributed by atoms with Gasteiger partial charge in [0.1, 0.15) is 5.75 Å². The summed E-state index contributed by atoms with van der Waals surface area (Å²) in [5.74, 6) is 0.568. The predicted octanol–water partition coefficient (Wildman–Crippen LogP) is 4.66. The van der Waals surface area contributed by atoms with E-state index in [9.17, 15) is 4.79 Å². The molecule has 28 heavy (non-hydrogen) atoms. The summed E-state index contributed by atoms with van der Waals surface area (Å²) in [6.45, 7) is 0.480. The molecule has 0 bridgehead atoms. The monoisotopic (exact) mass is 371 g/mol. The maximum Gasteiger partial charge on any atom is 0.256 e. The van der Waals surface area contributed by atoms with Gasteiger partial charge in [0.05, 0.1) is 23.8 Å². The van der Waals surface area contributed by atoms with Crippen molar-refractivity contribution >= 4 is 22.5 Å². The highest BCUT2D eigenvalue weighted by atomic mass is 16.5. The van der Waals surface area contributed by atoms with Gasteiger partial charge in [0.25, 0.3) is 5.91 Å². The first-order valence-corrected chi connectivity index (χ1v) is 9.58. The molecule has 2 aromatic carbocycles.